The molecule has 2 N–H and O–H groups in total. The summed E-state index contributed by atoms with van der Waals surface area (Å²) in [5.41, 5.74) is 5.73. The molecule has 4 heteroatoms. The van der Waals surface area contributed by atoms with Crippen molar-refractivity contribution in [3.05, 3.63) is 0 Å². The average Bonchev–Trinajstić information content (AvgIpc) is 2.27. The van der Waals surface area contributed by atoms with Gasteiger partial charge in [-0.05, 0) is 19.8 Å². The van der Waals surface area contributed by atoms with Crippen LogP contribution in [0.3, 0.4) is 0 Å². The topological polar surface area (TPSA) is 52.3 Å². The highest BCUT2D eigenvalue weighted by atomic mass is 32.2. The summed E-state index contributed by atoms with van der Waals surface area (Å²) in [5.74, 6) is 0.435. The molecule has 1 fully saturated rings. The average molecular weight is 231 g/mol. The zero-order valence-electron chi connectivity index (χ0n) is 9.41. The van der Waals surface area contributed by atoms with Crippen molar-refractivity contribution in [2.75, 3.05) is 12.4 Å². The Labute approximate surface area is 96.1 Å². The zero-order chi connectivity index (χ0) is 11.1. The number of nitrogens with two attached hydrogens (primary N) is 1. The number of ether oxygens (including phenoxy) is 1. The molecule has 1 rings (SSSR count). The van der Waals surface area contributed by atoms with Gasteiger partial charge in [-0.1, -0.05) is 19.3 Å². The molecular formula is C11H21NO2S. The summed E-state index contributed by atoms with van der Waals surface area (Å²) < 4.78 is 4.87. The molecule has 88 valence electrons. The van der Waals surface area contributed by atoms with Crippen LogP contribution in [0.1, 0.15) is 39.0 Å². The van der Waals surface area contributed by atoms with Crippen molar-refractivity contribution in [1.29, 1.82) is 0 Å². The summed E-state index contributed by atoms with van der Waals surface area (Å²) in [6.45, 7) is 2.22. The molecule has 1 aliphatic rings. The van der Waals surface area contributed by atoms with E-state index in [4.69, 9.17) is 10.5 Å². The van der Waals surface area contributed by atoms with Crippen LogP contribution in [0.4, 0.5) is 0 Å². The summed E-state index contributed by atoms with van der Waals surface area (Å²) in [5, 5.41) is 0.708. The lowest BCUT2D eigenvalue weighted by Gasteiger charge is -2.22. The van der Waals surface area contributed by atoms with Crippen molar-refractivity contribution in [2.24, 2.45) is 5.73 Å². The lowest BCUT2D eigenvalue weighted by atomic mass is 10.0. The van der Waals surface area contributed by atoms with Crippen LogP contribution in [0.5, 0.6) is 0 Å². The molecule has 0 amide bonds. The Balaban J connectivity index is 2.14. The first-order valence-corrected chi connectivity index (χ1v) is 6.82. The Morgan fingerprint density at radius 2 is 2.13 bits per heavy atom. The minimum Gasteiger partial charge on any atom is -0.465 e. The number of hydrogen-bond donors (Lipinski definition) is 1. The van der Waals surface area contributed by atoms with Gasteiger partial charge in [0.2, 0.25) is 0 Å². The maximum absolute atomic E-state index is 11.3. The van der Waals surface area contributed by atoms with E-state index in [0.717, 1.165) is 0 Å². The van der Waals surface area contributed by atoms with Gasteiger partial charge in [0.15, 0.2) is 0 Å². The summed E-state index contributed by atoms with van der Waals surface area (Å²) in [4.78, 5) is 11.3. The van der Waals surface area contributed by atoms with E-state index in [-0.39, 0.29) is 5.97 Å². The fourth-order valence-corrected chi connectivity index (χ4v) is 3.07. The smallest absolute Gasteiger partial charge is 0.323 e. The molecule has 1 atom stereocenters. The predicted octanol–water partition coefficient (Wildman–Crippen LogP) is 1.94. The van der Waals surface area contributed by atoms with Crippen LogP contribution in [0.2, 0.25) is 0 Å². The van der Waals surface area contributed by atoms with Crippen LogP contribution >= 0.6 is 11.8 Å². The van der Waals surface area contributed by atoms with Gasteiger partial charge < -0.3 is 10.5 Å². The number of carbonyl (C=O) groups excluding carboxylic acids is 1. The molecule has 1 aliphatic carbocycles. The number of esters is 1. The summed E-state index contributed by atoms with van der Waals surface area (Å²) in [6, 6.07) is -0.447. The second-order valence-corrected chi connectivity index (χ2v) is 5.29. The van der Waals surface area contributed by atoms with Crippen molar-refractivity contribution in [3.8, 4) is 0 Å². The van der Waals surface area contributed by atoms with E-state index in [9.17, 15) is 4.79 Å². The predicted molar refractivity (Wildman–Crippen MR) is 63.9 cm³/mol. The van der Waals surface area contributed by atoms with Crippen LogP contribution in [-0.2, 0) is 9.53 Å². The fourth-order valence-electron chi connectivity index (χ4n) is 1.79. The van der Waals surface area contributed by atoms with E-state index in [1.54, 1.807) is 6.92 Å². The molecule has 0 radical (unpaired) electrons. The molecule has 0 aromatic carbocycles. The third kappa shape index (κ3) is 4.89. The van der Waals surface area contributed by atoms with Crippen molar-refractivity contribution in [3.63, 3.8) is 0 Å². The molecule has 0 bridgehead atoms. The number of carbonyl (C=O) groups is 1. The Kier molecular flexibility index (Phi) is 6.10. The van der Waals surface area contributed by atoms with Gasteiger partial charge >= 0.3 is 5.97 Å². The lowest BCUT2D eigenvalue weighted by Crippen LogP contribution is -2.35. The third-order valence-electron chi connectivity index (χ3n) is 2.65. The highest BCUT2D eigenvalue weighted by molar-refractivity contribution is 7.99. The van der Waals surface area contributed by atoms with E-state index in [1.165, 1.54) is 32.1 Å². The molecule has 1 unspecified atom stereocenters. The minimum atomic E-state index is -0.447. The minimum absolute atomic E-state index is 0.263. The van der Waals surface area contributed by atoms with Gasteiger partial charge in [-0.3, -0.25) is 4.79 Å². The molecule has 1 saturated carbocycles. The summed E-state index contributed by atoms with van der Waals surface area (Å²) in [6.07, 6.45) is 6.57. The van der Waals surface area contributed by atoms with Gasteiger partial charge in [0.1, 0.15) is 6.04 Å². The van der Waals surface area contributed by atoms with E-state index < -0.39 is 6.04 Å². The van der Waals surface area contributed by atoms with Crippen molar-refractivity contribution in [1.82, 2.24) is 0 Å². The van der Waals surface area contributed by atoms with Crippen molar-refractivity contribution in [2.45, 2.75) is 50.3 Å². The molecular weight excluding hydrogens is 210 g/mol. The van der Waals surface area contributed by atoms with Crippen LogP contribution < -0.4 is 5.73 Å². The maximum Gasteiger partial charge on any atom is 0.323 e. The van der Waals surface area contributed by atoms with E-state index in [0.29, 0.717) is 17.6 Å². The SMILES string of the molecule is CCOC(=O)C(N)CSC1CCCCC1. The van der Waals surface area contributed by atoms with Crippen LogP contribution in [0.15, 0.2) is 0 Å². The van der Waals surface area contributed by atoms with Gasteiger partial charge in [0.05, 0.1) is 6.61 Å². The normalized spacial score (nSPS) is 19.9. The second-order valence-electron chi connectivity index (χ2n) is 3.95. The lowest BCUT2D eigenvalue weighted by molar-refractivity contribution is -0.144. The second kappa shape index (κ2) is 7.12. The number of rotatable bonds is 5. The third-order valence-corrected chi connectivity index (χ3v) is 4.15. The van der Waals surface area contributed by atoms with Gasteiger partial charge in [0.25, 0.3) is 0 Å². The van der Waals surface area contributed by atoms with Crippen molar-refractivity contribution < 1.29 is 9.53 Å². The first-order valence-electron chi connectivity index (χ1n) is 5.78. The fraction of sp³-hybridized carbons (Fsp3) is 0.909. The number of hydrogen-bond acceptors (Lipinski definition) is 4. The Bertz CT molecular complexity index is 193. The summed E-state index contributed by atoms with van der Waals surface area (Å²) in [7, 11) is 0. The molecule has 0 aliphatic heterocycles. The van der Waals surface area contributed by atoms with Gasteiger partial charge in [-0.15, -0.1) is 0 Å². The molecule has 0 saturated heterocycles. The quantitative estimate of drug-likeness (QED) is 0.735. The summed E-state index contributed by atoms with van der Waals surface area (Å²) >= 11 is 1.83. The highest BCUT2D eigenvalue weighted by Crippen LogP contribution is 2.28. The van der Waals surface area contributed by atoms with E-state index in [2.05, 4.69) is 0 Å². The first-order chi connectivity index (χ1) is 7.24. The van der Waals surface area contributed by atoms with Gasteiger partial charge in [-0.25, -0.2) is 0 Å². The van der Waals surface area contributed by atoms with Gasteiger partial charge in [-0.2, -0.15) is 11.8 Å². The molecule has 0 aromatic rings. The Hall–Kier alpha value is -0.220. The van der Waals surface area contributed by atoms with E-state index >= 15 is 0 Å². The maximum atomic E-state index is 11.3. The standard InChI is InChI=1S/C11H21NO2S/c1-2-14-11(13)10(12)8-15-9-6-4-3-5-7-9/h9-10H,2-8,12H2,1H3. The first kappa shape index (κ1) is 12.8. The molecule has 0 aromatic heterocycles. The molecule has 3 nitrogen and oxygen atoms in total. The van der Waals surface area contributed by atoms with Crippen LogP contribution in [0, 0.1) is 0 Å². The van der Waals surface area contributed by atoms with E-state index in [1.807, 2.05) is 11.8 Å². The van der Waals surface area contributed by atoms with Crippen molar-refractivity contribution >= 4 is 17.7 Å². The molecule has 0 heterocycles. The largest absolute Gasteiger partial charge is 0.465 e. The highest BCUT2D eigenvalue weighted by Gasteiger charge is 2.19. The Morgan fingerprint density at radius 1 is 1.47 bits per heavy atom. The monoisotopic (exact) mass is 231 g/mol. The molecule has 0 spiro atoms. The Morgan fingerprint density at radius 3 is 2.73 bits per heavy atom. The zero-order valence-corrected chi connectivity index (χ0v) is 10.2. The van der Waals surface area contributed by atoms with Crippen LogP contribution in [0.25, 0.3) is 0 Å². The number of thioether (sulfide) groups is 1. The molecule has 15 heavy (non-hydrogen) atoms. The van der Waals surface area contributed by atoms with Crippen LogP contribution in [-0.4, -0.2) is 29.6 Å². The van der Waals surface area contributed by atoms with Gasteiger partial charge in [0, 0.05) is 11.0 Å².